The number of benzene rings is 1. The molecule has 0 aromatic heterocycles. The van der Waals surface area contributed by atoms with Crippen molar-refractivity contribution in [3.05, 3.63) is 29.3 Å². The van der Waals surface area contributed by atoms with Crippen LogP contribution in [0.25, 0.3) is 0 Å². The fraction of sp³-hybridized carbons (Fsp3) is 0.571. The van der Waals surface area contributed by atoms with Gasteiger partial charge in [0, 0.05) is 24.7 Å². The summed E-state index contributed by atoms with van der Waals surface area (Å²) in [6.45, 7) is 3.48. The largest absolute Gasteiger partial charge is 0.418 e. The predicted octanol–water partition coefficient (Wildman–Crippen LogP) is 4.68. The Hall–Kier alpha value is -0.900. The van der Waals surface area contributed by atoms with Gasteiger partial charge in [-0.2, -0.15) is 13.2 Å². The van der Waals surface area contributed by atoms with E-state index < -0.39 is 11.7 Å². The molecule has 1 aliphatic heterocycles. The molecule has 1 heterocycles. The molecule has 1 fully saturated rings. The second-order valence-corrected chi connectivity index (χ2v) is 5.26. The molecule has 1 saturated heterocycles. The maximum atomic E-state index is 13.1. The van der Waals surface area contributed by atoms with Crippen LogP contribution in [-0.2, 0) is 12.1 Å². The van der Waals surface area contributed by atoms with Crippen molar-refractivity contribution in [2.45, 2.75) is 31.8 Å². The molecule has 0 N–H and O–H groups in total. The number of halogens is 4. The molecular weight excluding hydrogens is 275 g/mol. The smallest absolute Gasteiger partial charge is 0.371 e. The number of rotatable bonds is 3. The molecule has 0 spiro atoms. The summed E-state index contributed by atoms with van der Waals surface area (Å²) in [4.78, 5) is 1.84. The minimum atomic E-state index is -4.33. The van der Waals surface area contributed by atoms with E-state index in [2.05, 4.69) is 6.92 Å². The Morgan fingerprint density at radius 1 is 1.37 bits per heavy atom. The predicted molar refractivity (Wildman–Crippen MR) is 71.6 cm³/mol. The lowest BCUT2D eigenvalue weighted by Crippen LogP contribution is -2.23. The summed E-state index contributed by atoms with van der Waals surface area (Å²) in [6.07, 6.45) is -2.36. The molecule has 0 amide bonds. The van der Waals surface area contributed by atoms with Crippen LogP contribution in [0.4, 0.5) is 18.9 Å². The molecule has 0 saturated carbocycles. The van der Waals surface area contributed by atoms with Crippen LogP contribution < -0.4 is 4.90 Å². The van der Waals surface area contributed by atoms with E-state index in [1.807, 2.05) is 4.90 Å². The van der Waals surface area contributed by atoms with E-state index in [1.165, 1.54) is 6.07 Å². The molecule has 0 bridgehead atoms. The molecule has 0 radical (unpaired) electrons. The number of anilines is 1. The van der Waals surface area contributed by atoms with Gasteiger partial charge in [0.2, 0.25) is 0 Å². The Labute approximate surface area is 116 Å². The second kappa shape index (κ2) is 5.61. The number of nitrogens with zero attached hydrogens (tertiary/aromatic N) is 1. The highest BCUT2D eigenvalue weighted by Crippen LogP contribution is 2.39. The van der Waals surface area contributed by atoms with Crippen LogP contribution in [0.5, 0.6) is 0 Å². The molecule has 1 aromatic carbocycles. The average Bonchev–Trinajstić information content (AvgIpc) is 2.85. The molecule has 2 rings (SSSR count). The first-order chi connectivity index (χ1) is 8.95. The van der Waals surface area contributed by atoms with Crippen molar-refractivity contribution in [1.29, 1.82) is 0 Å². The third-order valence-electron chi connectivity index (χ3n) is 3.72. The summed E-state index contributed by atoms with van der Waals surface area (Å²) in [5.41, 5.74) is 0.226. The molecule has 0 aliphatic carbocycles. The summed E-state index contributed by atoms with van der Waals surface area (Å²) < 4.78 is 39.4. The molecular formula is C14H17ClF3N. The van der Waals surface area contributed by atoms with E-state index in [1.54, 1.807) is 12.1 Å². The van der Waals surface area contributed by atoms with Gasteiger partial charge in [0.1, 0.15) is 0 Å². The van der Waals surface area contributed by atoms with E-state index in [4.69, 9.17) is 11.6 Å². The Morgan fingerprint density at radius 3 is 2.63 bits per heavy atom. The molecule has 106 valence electrons. The number of hydrogen-bond donors (Lipinski definition) is 0. The normalized spacial score (nSPS) is 20.1. The summed E-state index contributed by atoms with van der Waals surface area (Å²) in [5, 5.41) is 0. The Balaban J connectivity index is 2.34. The topological polar surface area (TPSA) is 3.24 Å². The van der Waals surface area contributed by atoms with Crippen molar-refractivity contribution in [3.63, 3.8) is 0 Å². The fourth-order valence-electron chi connectivity index (χ4n) is 2.55. The summed E-state index contributed by atoms with van der Waals surface area (Å²) in [5.74, 6) is 0.592. The highest BCUT2D eigenvalue weighted by molar-refractivity contribution is 6.17. The van der Waals surface area contributed by atoms with Gasteiger partial charge < -0.3 is 4.90 Å². The number of alkyl halides is 4. The quantitative estimate of drug-likeness (QED) is 0.731. The molecule has 1 aliphatic rings. The van der Waals surface area contributed by atoms with Gasteiger partial charge in [-0.05, 0) is 30.0 Å². The van der Waals surface area contributed by atoms with Crippen molar-refractivity contribution < 1.29 is 13.2 Å². The first kappa shape index (κ1) is 14.5. The lowest BCUT2D eigenvalue weighted by molar-refractivity contribution is -0.137. The van der Waals surface area contributed by atoms with Crippen molar-refractivity contribution in [2.24, 2.45) is 5.92 Å². The van der Waals surface area contributed by atoms with Crippen molar-refractivity contribution in [2.75, 3.05) is 18.0 Å². The summed E-state index contributed by atoms with van der Waals surface area (Å²) in [7, 11) is 0. The van der Waals surface area contributed by atoms with Crippen LogP contribution in [0.3, 0.4) is 0 Å². The highest BCUT2D eigenvalue weighted by atomic mass is 35.5. The first-order valence-electron chi connectivity index (χ1n) is 6.46. The average molecular weight is 292 g/mol. The zero-order valence-corrected chi connectivity index (χ0v) is 11.6. The second-order valence-electron chi connectivity index (χ2n) is 4.99. The monoisotopic (exact) mass is 291 g/mol. The Morgan fingerprint density at radius 2 is 2.11 bits per heavy atom. The highest BCUT2D eigenvalue weighted by Gasteiger charge is 2.36. The third kappa shape index (κ3) is 3.16. The van der Waals surface area contributed by atoms with Gasteiger partial charge in [0.15, 0.2) is 0 Å². The Kier molecular flexibility index (Phi) is 4.29. The maximum absolute atomic E-state index is 13.1. The third-order valence-corrected chi connectivity index (χ3v) is 4.03. The van der Waals surface area contributed by atoms with Gasteiger partial charge in [-0.15, -0.1) is 11.6 Å². The van der Waals surface area contributed by atoms with Crippen LogP contribution in [-0.4, -0.2) is 13.1 Å². The lowest BCUT2D eigenvalue weighted by atomic mass is 10.1. The lowest BCUT2D eigenvalue weighted by Gasteiger charge is -2.23. The zero-order chi connectivity index (χ0) is 14.0. The SMILES string of the molecule is CCC1CCN(c2ccc(CCl)cc2C(F)(F)F)C1. The fourth-order valence-corrected chi connectivity index (χ4v) is 2.72. The Bertz CT molecular complexity index is 445. The van der Waals surface area contributed by atoms with Gasteiger partial charge in [-0.25, -0.2) is 0 Å². The minimum Gasteiger partial charge on any atom is -0.371 e. The van der Waals surface area contributed by atoms with Crippen LogP contribution in [0.1, 0.15) is 30.9 Å². The van der Waals surface area contributed by atoms with Crippen molar-refractivity contribution >= 4 is 17.3 Å². The van der Waals surface area contributed by atoms with E-state index in [0.29, 0.717) is 24.6 Å². The molecule has 1 unspecified atom stereocenters. The van der Waals surface area contributed by atoms with Gasteiger partial charge in [0.05, 0.1) is 5.56 Å². The molecule has 19 heavy (non-hydrogen) atoms. The van der Waals surface area contributed by atoms with E-state index in [0.717, 1.165) is 12.8 Å². The van der Waals surface area contributed by atoms with E-state index in [-0.39, 0.29) is 11.6 Å². The van der Waals surface area contributed by atoms with Gasteiger partial charge in [-0.1, -0.05) is 19.4 Å². The van der Waals surface area contributed by atoms with E-state index in [9.17, 15) is 13.2 Å². The summed E-state index contributed by atoms with van der Waals surface area (Å²) >= 11 is 5.63. The summed E-state index contributed by atoms with van der Waals surface area (Å²) in [6, 6.07) is 4.40. The molecule has 5 heteroatoms. The standard InChI is InChI=1S/C14H17ClF3N/c1-2-10-5-6-19(9-10)13-4-3-11(8-15)7-12(13)14(16,17)18/h3-4,7,10H,2,5-6,8-9H2,1H3. The van der Waals surface area contributed by atoms with Gasteiger partial charge >= 0.3 is 6.18 Å². The van der Waals surface area contributed by atoms with Gasteiger partial charge in [-0.3, -0.25) is 0 Å². The first-order valence-corrected chi connectivity index (χ1v) is 7.00. The minimum absolute atomic E-state index is 0.0982. The van der Waals surface area contributed by atoms with Crippen LogP contribution >= 0.6 is 11.6 Å². The maximum Gasteiger partial charge on any atom is 0.418 e. The van der Waals surface area contributed by atoms with Crippen LogP contribution in [0, 0.1) is 5.92 Å². The van der Waals surface area contributed by atoms with E-state index >= 15 is 0 Å². The molecule has 1 atom stereocenters. The van der Waals surface area contributed by atoms with Crippen LogP contribution in [0.15, 0.2) is 18.2 Å². The van der Waals surface area contributed by atoms with Crippen molar-refractivity contribution in [3.8, 4) is 0 Å². The van der Waals surface area contributed by atoms with Crippen LogP contribution in [0.2, 0.25) is 0 Å². The number of hydrogen-bond acceptors (Lipinski definition) is 1. The zero-order valence-electron chi connectivity index (χ0n) is 10.8. The molecule has 1 nitrogen and oxygen atoms in total. The van der Waals surface area contributed by atoms with Crippen molar-refractivity contribution in [1.82, 2.24) is 0 Å². The molecule has 1 aromatic rings. The van der Waals surface area contributed by atoms with Gasteiger partial charge in [0.25, 0.3) is 0 Å².